The first-order valence-electron chi connectivity index (χ1n) is 10.8. The summed E-state index contributed by atoms with van der Waals surface area (Å²) in [5.74, 6) is -1.06. The average molecular weight is 482 g/mol. The minimum absolute atomic E-state index is 0.118. The SMILES string of the molecule is Cc1ccc(S(=O)(=O)Nc2ccccc2F)cc1C(=O)Nc1cccc(CN2CCCC2=O)c1. The molecule has 176 valence electrons. The first-order valence-corrected chi connectivity index (χ1v) is 12.3. The van der Waals surface area contributed by atoms with E-state index in [9.17, 15) is 22.4 Å². The molecule has 0 aromatic heterocycles. The standard InChI is InChI=1S/C25H24FN3O4S/c1-17-11-12-20(34(32,33)28-23-9-3-2-8-22(23)26)15-21(17)25(31)27-19-7-4-6-18(14-19)16-29-13-5-10-24(29)30/h2-4,6-9,11-12,14-15,28H,5,10,13,16H2,1H3,(H,27,31). The summed E-state index contributed by atoms with van der Waals surface area (Å²) < 4.78 is 41.7. The summed E-state index contributed by atoms with van der Waals surface area (Å²) in [6.07, 6.45) is 1.40. The van der Waals surface area contributed by atoms with Gasteiger partial charge in [0.1, 0.15) is 5.82 Å². The molecule has 3 aromatic carbocycles. The van der Waals surface area contributed by atoms with Gasteiger partial charge in [-0.25, -0.2) is 12.8 Å². The highest BCUT2D eigenvalue weighted by atomic mass is 32.2. The summed E-state index contributed by atoms with van der Waals surface area (Å²) in [6, 6.07) is 16.8. The lowest BCUT2D eigenvalue weighted by atomic mass is 10.1. The van der Waals surface area contributed by atoms with E-state index in [-0.39, 0.29) is 22.1 Å². The molecule has 1 aliphatic rings. The molecular weight excluding hydrogens is 457 g/mol. The number of hydrogen-bond donors (Lipinski definition) is 2. The Hall–Kier alpha value is -3.72. The summed E-state index contributed by atoms with van der Waals surface area (Å²) in [5, 5.41) is 2.80. The second-order valence-electron chi connectivity index (χ2n) is 8.14. The summed E-state index contributed by atoms with van der Waals surface area (Å²) in [7, 11) is -4.11. The van der Waals surface area contributed by atoms with Crippen molar-refractivity contribution in [3.8, 4) is 0 Å². The number of nitrogens with one attached hydrogen (secondary N) is 2. The van der Waals surface area contributed by atoms with Crippen LogP contribution in [0.15, 0.2) is 71.6 Å². The molecule has 1 heterocycles. The van der Waals surface area contributed by atoms with Crippen LogP contribution in [0.2, 0.25) is 0 Å². The topological polar surface area (TPSA) is 95.6 Å². The van der Waals surface area contributed by atoms with Crippen molar-refractivity contribution in [3.63, 3.8) is 0 Å². The third-order valence-electron chi connectivity index (χ3n) is 5.61. The number of rotatable bonds is 7. The van der Waals surface area contributed by atoms with E-state index in [0.717, 1.165) is 24.6 Å². The van der Waals surface area contributed by atoms with Crippen LogP contribution >= 0.6 is 0 Å². The van der Waals surface area contributed by atoms with Gasteiger partial charge in [-0.3, -0.25) is 14.3 Å². The number of amides is 2. The van der Waals surface area contributed by atoms with Gasteiger partial charge in [0, 0.05) is 30.8 Å². The van der Waals surface area contributed by atoms with Gasteiger partial charge >= 0.3 is 0 Å². The van der Waals surface area contributed by atoms with Gasteiger partial charge in [-0.2, -0.15) is 0 Å². The highest BCUT2D eigenvalue weighted by molar-refractivity contribution is 7.92. The van der Waals surface area contributed by atoms with Crippen molar-refractivity contribution in [1.29, 1.82) is 0 Å². The molecule has 0 unspecified atom stereocenters. The molecule has 9 heteroatoms. The van der Waals surface area contributed by atoms with Gasteiger partial charge in [0.05, 0.1) is 10.6 Å². The number of sulfonamides is 1. The molecule has 4 rings (SSSR count). The van der Waals surface area contributed by atoms with Gasteiger partial charge < -0.3 is 10.2 Å². The van der Waals surface area contributed by atoms with Gasteiger partial charge in [0.25, 0.3) is 15.9 Å². The van der Waals surface area contributed by atoms with Crippen molar-refractivity contribution >= 4 is 33.2 Å². The van der Waals surface area contributed by atoms with Gasteiger partial charge in [-0.1, -0.05) is 30.3 Å². The van der Waals surface area contributed by atoms with E-state index >= 15 is 0 Å². The van der Waals surface area contributed by atoms with Crippen LogP contribution in [0.25, 0.3) is 0 Å². The fourth-order valence-electron chi connectivity index (χ4n) is 3.80. The Bertz CT molecular complexity index is 1360. The first kappa shape index (κ1) is 23.4. The van der Waals surface area contributed by atoms with Crippen LogP contribution in [0.4, 0.5) is 15.8 Å². The van der Waals surface area contributed by atoms with Crippen LogP contribution in [0.5, 0.6) is 0 Å². The lowest BCUT2D eigenvalue weighted by Gasteiger charge is -2.16. The van der Waals surface area contributed by atoms with Crippen LogP contribution in [0.3, 0.4) is 0 Å². The minimum Gasteiger partial charge on any atom is -0.338 e. The Balaban J connectivity index is 1.53. The zero-order valence-electron chi connectivity index (χ0n) is 18.5. The van der Waals surface area contributed by atoms with Crippen LogP contribution in [-0.2, 0) is 21.4 Å². The molecule has 7 nitrogen and oxygen atoms in total. The second kappa shape index (κ2) is 9.64. The number of halogens is 1. The maximum absolute atomic E-state index is 13.9. The van der Waals surface area contributed by atoms with Gasteiger partial charge in [-0.05, 0) is 60.9 Å². The molecule has 0 spiro atoms. The summed E-state index contributed by atoms with van der Waals surface area (Å²) in [6.45, 7) is 2.89. The largest absolute Gasteiger partial charge is 0.338 e. The summed E-state index contributed by atoms with van der Waals surface area (Å²) in [5.41, 5.74) is 2.00. The zero-order chi connectivity index (χ0) is 24.3. The fourth-order valence-corrected chi connectivity index (χ4v) is 4.89. The molecule has 1 saturated heterocycles. The first-order chi connectivity index (χ1) is 16.2. The highest BCUT2D eigenvalue weighted by Crippen LogP contribution is 2.23. The van der Waals surface area contributed by atoms with Crippen molar-refractivity contribution in [2.24, 2.45) is 0 Å². The molecule has 0 aliphatic carbocycles. The molecule has 3 aromatic rings. The molecule has 1 aliphatic heterocycles. The number of likely N-dealkylation sites (tertiary alicyclic amines) is 1. The van der Waals surface area contributed by atoms with E-state index in [1.54, 1.807) is 30.0 Å². The van der Waals surface area contributed by atoms with Crippen molar-refractivity contribution in [3.05, 3.63) is 89.2 Å². The van der Waals surface area contributed by atoms with E-state index in [0.29, 0.717) is 24.2 Å². The van der Waals surface area contributed by atoms with Crippen molar-refractivity contribution in [1.82, 2.24) is 4.90 Å². The molecule has 0 saturated carbocycles. The minimum atomic E-state index is -4.11. The smallest absolute Gasteiger partial charge is 0.262 e. The van der Waals surface area contributed by atoms with E-state index in [4.69, 9.17) is 0 Å². The van der Waals surface area contributed by atoms with Crippen LogP contribution < -0.4 is 10.0 Å². The average Bonchev–Trinajstić information content (AvgIpc) is 3.20. The Morgan fingerprint density at radius 2 is 1.85 bits per heavy atom. The predicted molar refractivity (Wildman–Crippen MR) is 127 cm³/mol. The molecule has 2 amide bonds. The number of benzene rings is 3. The normalized spacial score (nSPS) is 13.7. The van der Waals surface area contributed by atoms with Crippen LogP contribution in [0.1, 0.15) is 34.3 Å². The fraction of sp³-hybridized carbons (Fsp3) is 0.200. The molecule has 34 heavy (non-hydrogen) atoms. The number of anilines is 2. The van der Waals surface area contributed by atoms with Gasteiger partial charge in [-0.15, -0.1) is 0 Å². The van der Waals surface area contributed by atoms with Crippen molar-refractivity contribution in [2.75, 3.05) is 16.6 Å². The Morgan fingerprint density at radius 1 is 1.06 bits per heavy atom. The third kappa shape index (κ3) is 5.26. The zero-order valence-corrected chi connectivity index (χ0v) is 19.4. The van der Waals surface area contributed by atoms with E-state index in [1.807, 2.05) is 6.07 Å². The molecule has 2 N–H and O–H groups in total. The van der Waals surface area contributed by atoms with Crippen LogP contribution in [0, 0.1) is 12.7 Å². The number of para-hydroxylation sites is 1. The summed E-state index contributed by atoms with van der Waals surface area (Å²) >= 11 is 0. The number of hydrogen-bond acceptors (Lipinski definition) is 4. The lowest BCUT2D eigenvalue weighted by Crippen LogP contribution is -2.23. The van der Waals surface area contributed by atoms with Crippen molar-refractivity contribution < 1.29 is 22.4 Å². The van der Waals surface area contributed by atoms with E-state index in [1.165, 1.54) is 36.4 Å². The molecule has 0 bridgehead atoms. The maximum Gasteiger partial charge on any atom is 0.262 e. The number of carbonyl (C=O) groups is 2. The quantitative estimate of drug-likeness (QED) is 0.526. The third-order valence-corrected chi connectivity index (χ3v) is 6.97. The van der Waals surface area contributed by atoms with Gasteiger partial charge in [0.2, 0.25) is 5.91 Å². The van der Waals surface area contributed by atoms with E-state index in [2.05, 4.69) is 10.0 Å². The summed E-state index contributed by atoms with van der Waals surface area (Å²) in [4.78, 5) is 26.5. The van der Waals surface area contributed by atoms with Crippen molar-refractivity contribution in [2.45, 2.75) is 31.2 Å². The lowest BCUT2D eigenvalue weighted by molar-refractivity contribution is -0.128. The van der Waals surface area contributed by atoms with E-state index < -0.39 is 21.7 Å². The molecule has 0 radical (unpaired) electrons. The van der Waals surface area contributed by atoms with Crippen LogP contribution in [-0.4, -0.2) is 31.7 Å². The monoisotopic (exact) mass is 481 g/mol. The van der Waals surface area contributed by atoms with Gasteiger partial charge in [0.15, 0.2) is 0 Å². The Kier molecular flexibility index (Phi) is 6.65. The number of aryl methyl sites for hydroxylation is 1. The Morgan fingerprint density at radius 3 is 2.59 bits per heavy atom. The predicted octanol–water partition coefficient (Wildman–Crippen LogP) is 4.31. The second-order valence-corrected chi connectivity index (χ2v) is 9.82. The highest BCUT2D eigenvalue weighted by Gasteiger charge is 2.21. The molecule has 0 atom stereocenters. The molecular formula is C25H24FN3O4S. The maximum atomic E-state index is 13.9. The molecule has 1 fully saturated rings. The Labute approximate surface area is 197 Å². The number of nitrogens with zero attached hydrogens (tertiary/aromatic N) is 1. The number of carbonyl (C=O) groups excluding carboxylic acids is 2.